The van der Waals surface area contributed by atoms with E-state index in [-0.39, 0.29) is 62.5 Å². The molecular formula is C49H60ClN9O7. The molecule has 0 aliphatic rings. The summed E-state index contributed by atoms with van der Waals surface area (Å²) in [5, 5.41) is 11.6. The first-order chi connectivity index (χ1) is 31.5. The molecule has 16 nitrogen and oxygen atoms in total. The van der Waals surface area contributed by atoms with Crippen LogP contribution < -0.4 is 38.3 Å². The maximum Gasteiger partial charge on any atom is 0.407 e. The summed E-state index contributed by atoms with van der Waals surface area (Å²) < 4.78 is 7.13. The number of urea groups is 1. The van der Waals surface area contributed by atoms with Crippen LogP contribution >= 0.6 is 11.6 Å². The van der Waals surface area contributed by atoms with Gasteiger partial charge in [0.05, 0.1) is 29.5 Å². The number of aryl methyl sites for hydroxylation is 1. The summed E-state index contributed by atoms with van der Waals surface area (Å²) in [7, 11) is 0. The van der Waals surface area contributed by atoms with Crippen LogP contribution in [0.2, 0.25) is 5.02 Å². The largest absolute Gasteiger partial charge is 0.445 e. The van der Waals surface area contributed by atoms with Crippen molar-refractivity contribution in [2.24, 2.45) is 23.3 Å². The van der Waals surface area contributed by atoms with Crippen LogP contribution in [0.15, 0.2) is 102 Å². The Balaban J connectivity index is 1.25. The van der Waals surface area contributed by atoms with Crippen molar-refractivity contribution in [3.05, 3.63) is 141 Å². The van der Waals surface area contributed by atoms with Crippen molar-refractivity contribution >= 4 is 58.0 Å². The fourth-order valence-corrected chi connectivity index (χ4v) is 7.46. The number of amides is 6. The van der Waals surface area contributed by atoms with Crippen molar-refractivity contribution in [3.63, 3.8) is 0 Å². The number of fused-ring (bicyclic) bond motifs is 1. The number of hydrogen-bond donors (Lipinski definition) is 6. The van der Waals surface area contributed by atoms with Crippen molar-refractivity contribution in [2.45, 2.75) is 85.2 Å². The number of nitrogens with zero attached hydrogens (tertiary/aromatic N) is 3. The summed E-state index contributed by atoms with van der Waals surface area (Å²) in [6, 6.07) is 25.5. The number of carbonyl (C=O) groups is 5. The highest BCUT2D eigenvalue weighted by molar-refractivity contribution is 6.31. The molecule has 0 aliphatic carbocycles. The fourth-order valence-electron chi connectivity index (χ4n) is 7.29. The monoisotopic (exact) mass is 921 g/mol. The van der Waals surface area contributed by atoms with Gasteiger partial charge in [-0.15, -0.1) is 0 Å². The molecule has 0 spiro atoms. The lowest BCUT2D eigenvalue weighted by molar-refractivity contribution is -0.128. The van der Waals surface area contributed by atoms with E-state index in [2.05, 4.69) is 21.3 Å². The summed E-state index contributed by atoms with van der Waals surface area (Å²) in [6.07, 6.45) is 0.269. The van der Waals surface area contributed by atoms with Crippen LogP contribution in [0.1, 0.15) is 85.9 Å². The van der Waals surface area contributed by atoms with Gasteiger partial charge in [0, 0.05) is 35.9 Å². The molecule has 1 aromatic heterocycles. The first kappa shape index (κ1) is 50.2. The minimum Gasteiger partial charge on any atom is -0.445 e. The molecule has 6 amide bonds. The van der Waals surface area contributed by atoms with Crippen molar-refractivity contribution in [3.8, 4) is 0 Å². The van der Waals surface area contributed by atoms with E-state index in [0.29, 0.717) is 51.4 Å². The van der Waals surface area contributed by atoms with Gasteiger partial charge in [-0.25, -0.2) is 14.6 Å². The van der Waals surface area contributed by atoms with Gasteiger partial charge in [0.15, 0.2) is 0 Å². The van der Waals surface area contributed by atoms with Crippen molar-refractivity contribution in [1.82, 2.24) is 30.4 Å². The highest BCUT2D eigenvalue weighted by atomic mass is 35.5. The van der Waals surface area contributed by atoms with Gasteiger partial charge < -0.3 is 42.4 Å². The van der Waals surface area contributed by atoms with Gasteiger partial charge in [-0.1, -0.05) is 99.5 Å². The SMILES string of the molecule is Cc1ccc(C(=O)N(CCCNC(=O)OCc2ccc(NC(=O)C(CCCNC(N)=O)NC(=O)[C@@H](N)C(C)C)cc2)[C@H](c2nc3cc(Cl)ccc3c(=O)n2Cc2ccccc2)C(C)C)cc1. The Labute approximate surface area is 389 Å². The summed E-state index contributed by atoms with van der Waals surface area (Å²) in [6.45, 7) is 10.3. The molecule has 5 rings (SSSR count). The quantitative estimate of drug-likeness (QED) is 0.0446. The Hall–Kier alpha value is -6.78. The predicted molar refractivity (Wildman–Crippen MR) is 256 cm³/mol. The second-order valence-corrected chi connectivity index (χ2v) is 17.3. The van der Waals surface area contributed by atoms with Crippen molar-refractivity contribution in [2.75, 3.05) is 25.0 Å². The molecule has 0 saturated carbocycles. The van der Waals surface area contributed by atoms with Crippen LogP contribution in [0.5, 0.6) is 0 Å². The average Bonchev–Trinajstić information content (AvgIpc) is 3.28. The Kier molecular flexibility index (Phi) is 18.2. The number of benzene rings is 4. The zero-order valence-electron chi connectivity index (χ0n) is 38.0. The summed E-state index contributed by atoms with van der Waals surface area (Å²) in [4.78, 5) is 85.5. The first-order valence-electron chi connectivity index (χ1n) is 22.0. The number of rotatable bonds is 21. The molecule has 8 N–H and O–H groups in total. The number of nitrogens with one attached hydrogen (secondary N) is 4. The Bertz CT molecular complexity index is 2520. The van der Waals surface area contributed by atoms with E-state index in [0.717, 1.165) is 11.1 Å². The lowest BCUT2D eigenvalue weighted by Gasteiger charge is -2.35. The van der Waals surface area contributed by atoms with Crippen molar-refractivity contribution in [1.29, 1.82) is 0 Å². The molecule has 0 bridgehead atoms. The Morgan fingerprint density at radius 3 is 2.15 bits per heavy atom. The highest BCUT2D eigenvalue weighted by Gasteiger charge is 2.33. The third-order valence-electron chi connectivity index (χ3n) is 11.0. The molecule has 17 heteroatoms. The van der Waals surface area contributed by atoms with Crippen LogP contribution in [0.4, 0.5) is 15.3 Å². The number of carbonyl (C=O) groups excluding carboxylic acids is 5. The van der Waals surface area contributed by atoms with Crippen molar-refractivity contribution < 1.29 is 28.7 Å². The van der Waals surface area contributed by atoms with E-state index in [1.165, 1.54) is 0 Å². The van der Waals surface area contributed by atoms with Crippen LogP contribution in [0.25, 0.3) is 10.9 Å². The maximum absolute atomic E-state index is 14.5. The predicted octanol–water partition coefficient (Wildman–Crippen LogP) is 6.42. The van der Waals surface area contributed by atoms with Gasteiger partial charge in [0.25, 0.3) is 11.5 Å². The number of nitrogens with two attached hydrogens (primary N) is 2. The molecule has 4 aromatic carbocycles. The Morgan fingerprint density at radius 1 is 0.818 bits per heavy atom. The molecule has 5 aromatic rings. The third-order valence-corrected chi connectivity index (χ3v) is 11.2. The zero-order chi connectivity index (χ0) is 47.9. The molecule has 1 unspecified atom stereocenters. The van der Waals surface area contributed by atoms with E-state index in [1.807, 2.05) is 63.2 Å². The molecule has 0 fully saturated rings. The van der Waals surface area contributed by atoms with Gasteiger partial charge in [-0.2, -0.15) is 0 Å². The van der Waals surface area contributed by atoms with Gasteiger partial charge in [0.1, 0.15) is 18.5 Å². The Morgan fingerprint density at radius 2 is 1.50 bits per heavy atom. The molecule has 3 atom stereocenters. The molecule has 0 radical (unpaired) electrons. The highest BCUT2D eigenvalue weighted by Crippen LogP contribution is 2.31. The molecule has 0 aliphatic heterocycles. The molecular weight excluding hydrogens is 862 g/mol. The first-order valence-corrected chi connectivity index (χ1v) is 22.4. The number of ether oxygens (including phenoxy) is 1. The van der Waals surface area contributed by atoms with E-state index in [9.17, 15) is 28.8 Å². The normalized spacial score (nSPS) is 12.6. The third kappa shape index (κ3) is 14.1. The zero-order valence-corrected chi connectivity index (χ0v) is 38.8. The van der Waals surface area contributed by atoms with E-state index >= 15 is 0 Å². The summed E-state index contributed by atoms with van der Waals surface area (Å²) >= 11 is 6.39. The number of primary amides is 1. The second kappa shape index (κ2) is 23.9. The molecule has 350 valence electrons. The van der Waals surface area contributed by atoms with Gasteiger partial charge in [-0.05, 0) is 91.6 Å². The molecule has 0 saturated heterocycles. The average molecular weight is 923 g/mol. The topological polar surface area (TPSA) is 233 Å². The lowest BCUT2D eigenvalue weighted by Crippen LogP contribution is -2.51. The van der Waals surface area contributed by atoms with Crippen LogP contribution in [0, 0.1) is 18.8 Å². The fraction of sp³-hybridized carbons (Fsp3) is 0.367. The number of anilines is 1. The molecule has 66 heavy (non-hydrogen) atoms. The second-order valence-electron chi connectivity index (χ2n) is 16.9. The summed E-state index contributed by atoms with van der Waals surface area (Å²) in [5.74, 6) is -1.13. The maximum atomic E-state index is 14.5. The number of hydrogen-bond acceptors (Lipinski definition) is 9. The van der Waals surface area contributed by atoms with Crippen LogP contribution in [0.3, 0.4) is 0 Å². The van der Waals surface area contributed by atoms with Gasteiger partial charge in [0.2, 0.25) is 11.8 Å². The minimum absolute atomic E-state index is 0.0667. The molecule has 1 heterocycles. The standard InChI is InChI=1S/C49H60ClN9O7/c1-30(2)41(51)45(61)57-39(13-9-24-53-48(52)64)44(60)55-37-21-16-34(17-22-37)29-66-49(65)54-25-10-26-58(46(62)35-18-14-32(5)15-19-35)42(31(3)4)43-56-40-27-36(50)20-23-38(40)47(63)59(43)28-33-11-7-6-8-12-33/h6-8,11-12,14-23,27,30-31,39,41-42H,9-10,13,24-26,28-29,51H2,1-5H3,(H,54,65)(H,55,60)(H,57,61)(H3,52,53,64)/t39?,41-,42-/m0/s1. The van der Waals surface area contributed by atoms with Gasteiger partial charge in [-0.3, -0.25) is 23.7 Å². The van der Waals surface area contributed by atoms with E-state index in [1.54, 1.807) is 77.9 Å². The van der Waals surface area contributed by atoms with E-state index < -0.39 is 42.1 Å². The lowest BCUT2D eigenvalue weighted by atomic mass is 9.98. The van der Waals surface area contributed by atoms with E-state index in [4.69, 9.17) is 32.8 Å². The van der Waals surface area contributed by atoms with Gasteiger partial charge >= 0.3 is 12.1 Å². The number of aromatic nitrogens is 2. The smallest absolute Gasteiger partial charge is 0.407 e. The van der Waals surface area contributed by atoms with Crippen LogP contribution in [-0.4, -0.2) is 76.0 Å². The number of alkyl carbamates (subject to hydrolysis) is 1. The summed E-state index contributed by atoms with van der Waals surface area (Å²) in [5.41, 5.74) is 14.8. The minimum atomic E-state index is -0.926. The van der Waals surface area contributed by atoms with Crippen LogP contribution in [-0.2, 0) is 27.5 Å². The number of halogens is 1.